The highest BCUT2D eigenvalue weighted by molar-refractivity contribution is 9.10. The van der Waals surface area contributed by atoms with Gasteiger partial charge in [0, 0.05) is 11.5 Å². The number of nitrogens with zero attached hydrogens (tertiary/aromatic N) is 2. The molecule has 5 nitrogen and oxygen atoms in total. The molecule has 2 aromatic carbocycles. The largest absolute Gasteiger partial charge is 0.435 e. The van der Waals surface area contributed by atoms with Crippen molar-refractivity contribution < 1.29 is 18.3 Å². The summed E-state index contributed by atoms with van der Waals surface area (Å²) in [6.45, 7) is -1.29. The average molecular weight is 424 g/mol. The van der Waals surface area contributed by atoms with Crippen molar-refractivity contribution in [3.63, 3.8) is 0 Å². The van der Waals surface area contributed by atoms with Crippen molar-refractivity contribution in [2.75, 3.05) is 7.05 Å². The van der Waals surface area contributed by atoms with E-state index >= 15 is 0 Å². The number of alkyl halides is 2. The first-order valence-electron chi connectivity index (χ1n) is 7.71. The highest BCUT2D eigenvalue weighted by Gasteiger charge is 2.49. The van der Waals surface area contributed by atoms with Crippen LogP contribution in [0.25, 0.3) is 0 Å². The number of carbonyl (C=O) groups excluding carboxylic acids is 1. The quantitative estimate of drug-likeness (QED) is 0.819. The van der Waals surface area contributed by atoms with Crippen molar-refractivity contribution in [1.29, 1.82) is 0 Å². The minimum Gasteiger partial charge on any atom is -0.435 e. The van der Waals surface area contributed by atoms with Crippen molar-refractivity contribution >= 4 is 27.8 Å². The zero-order valence-corrected chi connectivity index (χ0v) is 15.6. The van der Waals surface area contributed by atoms with Gasteiger partial charge in [0.25, 0.3) is 5.91 Å². The Morgan fingerprint density at radius 3 is 2.46 bits per heavy atom. The number of carbonyl (C=O) groups is 1. The molecule has 1 aliphatic rings. The van der Waals surface area contributed by atoms with E-state index in [1.165, 1.54) is 11.0 Å². The molecule has 0 radical (unpaired) electrons. The second-order valence-electron chi connectivity index (χ2n) is 5.91. The number of amides is 1. The van der Waals surface area contributed by atoms with Gasteiger partial charge < -0.3 is 10.5 Å². The SMILES string of the molecule is Cc1cc(C2(c3cccc(Br)c3)N=C(N)N(C)C2=O)ccc1OC(F)F. The van der Waals surface area contributed by atoms with E-state index in [9.17, 15) is 13.6 Å². The molecule has 26 heavy (non-hydrogen) atoms. The monoisotopic (exact) mass is 423 g/mol. The number of guanidine groups is 1. The van der Waals surface area contributed by atoms with Crippen LogP contribution in [0.3, 0.4) is 0 Å². The van der Waals surface area contributed by atoms with Crippen molar-refractivity contribution in [2.45, 2.75) is 19.1 Å². The molecule has 3 rings (SSSR count). The fraction of sp³-hybridized carbons (Fsp3) is 0.222. The molecule has 0 spiro atoms. The average Bonchev–Trinajstić information content (AvgIpc) is 2.81. The molecule has 1 atom stereocenters. The van der Waals surface area contributed by atoms with Gasteiger partial charge in [-0.15, -0.1) is 0 Å². The first kappa shape index (κ1) is 18.3. The number of ether oxygens (including phenoxy) is 1. The molecule has 0 saturated carbocycles. The molecule has 136 valence electrons. The molecule has 2 N–H and O–H groups in total. The number of halogens is 3. The third-order valence-electron chi connectivity index (χ3n) is 4.29. The van der Waals surface area contributed by atoms with E-state index in [1.807, 2.05) is 6.07 Å². The van der Waals surface area contributed by atoms with Gasteiger partial charge in [-0.1, -0.05) is 34.1 Å². The molecule has 8 heteroatoms. The van der Waals surface area contributed by atoms with Crippen molar-refractivity contribution in [3.05, 3.63) is 63.6 Å². The number of aliphatic imine (C=N–C) groups is 1. The molecule has 0 saturated heterocycles. The highest BCUT2D eigenvalue weighted by Crippen LogP contribution is 2.41. The Kier molecular flexibility index (Phi) is 4.70. The topological polar surface area (TPSA) is 67.9 Å². The second-order valence-corrected chi connectivity index (χ2v) is 6.83. The van der Waals surface area contributed by atoms with Gasteiger partial charge in [0.2, 0.25) is 0 Å². The predicted octanol–water partition coefficient (Wildman–Crippen LogP) is 3.39. The molecule has 0 aliphatic carbocycles. The minimum atomic E-state index is -2.92. The van der Waals surface area contributed by atoms with E-state index in [-0.39, 0.29) is 17.6 Å². The summed E-state index contributed by atoms with van der Waals surface area (Å²) >= 11 is 3.40. The standard InChI is InChI=1S/C18H16BrF2N3O2/c1-10-8-12(6-7-14(10)26-16(20)21)18(11-4-3-5-13(19)9-11)15(25)24(2)17(22)23-18/h3-9,16H,1-2H3,(H2,22,23). The normalized spacial score (nSPS) is 19.8. The summed E-state index contributed by atoms with van der Waals surface area (Å²) in [6, 6.07) is 11.8. The smallest absolute Gasteiger partial charge is 0.387 e. The lowest BCUT2D eigenvalue weighted by Crippen LogP contribution is -2.41. The van der Waals surface area contributed by atoms with Gasteiger partial charge in [0.05, 0.1) is 0 Å². The summed E-state index contributed by atoms with van der Waals surface area (Å²) in [4.78, 5) is 18.8. The molecular formula is C18H16BrF2N3O2. The van der Waals surface area contributed by atoms with E-state index < -0.39 is 12.2 Å². The summed E-state index contributed by atoms with van der Waals surface area (Å²) in [5.74, 6) is -0.195. The van der Waals surface area contributed by atoms with E-state index in [0.29, 0.717) is 16.7 Å². The summed E-state index contributed by atoms with van der Waals surface area (Å²) in [6.07, 6.45) is 0. The molecule has 1 heterocycles. The Balaban J connectivity index is 2.21. The number of likely N-dealkylation sites (N-methyl/N-ethyl adjacent to an activating group) is 1. The van der Waals surface area contributed by atoms with Crippen LogP contribution in [-0.4, -0.2) is 30.4 Å². The van der Waals surface area contributed by atoms with E-state index in [0.717, 1.165) is 4.47 Å². The number of benzene rings is 2. The number of rotatable bonds is 4. The van der Waals surface area contributed by atoms with Crippen LogP contribution >= 0.6 is 15.9 Å². The Morgan fingerprint density at radius 2 is 1.92 bits per heavy atom. The van der Waals surface area contributed by atoms with Crippen molar-refractivity contribution in [2.24, 2.45) is 10.7 Å². The molecule has 0 aromatic heterocycles. The maximum Gasteiger partial charge on any atom is 0.387 e. The van der Waals surface area contributed by atoms with E-state index in [1.54, 1.807) is 44.3 Å². The number of hydrogen-bond acceptors (Lipinski definition) is 4. The Hall–Kier alpha value is -2.48. The molecule has 1 amide bonds. The summed E-state index contributed by atoms with van der Waals surface area (Å²) in [5, 5.41) is 0. The molecule has 1 unspecified atom stereocenters. The van der Waals surface area contributed by atoms with Gasteiger partial charge in [0.1, 0.15) is 5.75 Å². The maximum atomic E-state index is 13.1. The Labute approximate surface area is 157 Å². The molecule has 0 fully saturated rings. The Bertz CT molecular complexity index is 904. The highest BCUT2D eigenvalue weighted by atomic mass is 79.9. The molecule has 0 bridgehead atoms. The van der Waals surface area contributed by atoms with Crippen LogP contribution in [0.15, 0.2) is 51.9 Å². The van der Waals surface area contributed by atoms with Crippen LogP contribution in [0.1, 0.15) is 16.7 Å². The zero-order valence-electron chi connectivity index (χ0n) is 14.0. The fourth-order valence-electron chi connectivity index (χ4n) is 3.00. The second kappa shape index (κ2) is 6.68. The van der Waals surface area contributed by atoms with E-state index in [2.05, 4.69) is 25.7 Å². The zero-order chi connectivity index (χ0) is 19.1. The first-order chi connectivity index (χ1) is 12.3. The number of hydrogen-bond donors (Lipinski definition) is 1. The Morgan fingerprint density at radius 1 is 1.23 bits per heavy atom. The fourth-order valence-corrected chi connectivity index (χ4v) is 3.40. The van der Waals surface area contributed by atoms with Crippen LogP contribution < -0.4 is 10.5 Å². The minimum absolute atomic E-state index is 0.0453. The lowest BCUT2D eigenvalue weighted by molar-refractivity contribution is -0.129. The summed E-state index contributed by atoms with van der Waals surface area (Å²) in [7, 11) is 1.54. The van der Waals surface area contributed by atoms with Gasteiger partial charge in [-0.2, -0.15) is 8.78 Å². The van der Waals surface area contributed by atoms with Crippen LogP contribution in [0, 0.1) is 6.92 Å². The van der Waals surface area contributed by atoms with Crippen LogP contribution in [0.4, 0.5) is 8.78 Å². The number of aryl methyl sites for hydroxylation is 1. The van der Waals surface area contributed by atoms with Gasteiger partial charge >= 0.3 is 6.61 Å². The van der Waals surface area contributed by atoms with Crippen LogP contribution in [0.2, 0.25) is 0 Å². The number of nitrogens with two attached hydrogens (primary N) is 1. The molecule has 1 aliphatic heterocycles. The third kappa shape index (κ3) is 2.94. The lowest BCUT2D eigenvalue weighted by Gasteiger charge is -2.27. The van der Waals surface area contributed by atoms with Crippen LogP contribution in [0.5, 0.6) is 5.75 Å². The first-order valence-corrected chi connectivity index (χ1v) is 8.50. The third-order valence-corrected chi connectivity index (χ3v) is 4.78. The van der Waals surface area contributed by atoms with Gasteiger partial charge in [-0.05, 0) is 47.9 Å². The van der Waals surface area contributed by atoms with Gasteiger partial charge in [-0.25, -0.2) is 4.99 Å². The van der Waals surface area contributed by atoms with Crippen molar-refractivity contribution in [3.8, 4) is 5.75 Å². The lowest BCUT2D eigenvalue weighted by atomic mass is 9.82. The molecule has 2 aromatic rings. The van der Waals surface area contributed by atoms with Gasteiger partial charge in [0.15, 0.2) is 11.5 Å². The maximum absolute atomic E-state index is 13.1. The van der Waals surface area contributed by atoms with Crippen molar-refractivity contribution in [1.82, 2.24) is 4.90 Å². The van der Waals surface area contributed by atoms with Crippen LogP contribution in [-0.2, 0) is 10.3 Å². The summed E-state index contributed by atoms with van der Waals surface area (Å²) in [5.41, 5.74) is 6.14. The molecular weight excluding hydrogens is 408 g/mol. The van der Waals surface area contributed by atoms with Gasteiger partial charge in [-0.3, -0.25) is 9.69 Å². The predicted molar refractivity (Wildman–Crippen MR) is 97.1 cm³/mol. The van der Waals surface area contributed by atoms with E-state index in [4.69, 9.17) is 5.73 Å². The summed E-state index contributed by atoms with van der Waals surface area (Å²) < 4.78 is 30.3.